The first-order chi connectivity index (χ1) is 16.9. The van der Waals surface area contributed by atoms with Gasteiger partial charge in [0, 0.05) is 38.8 Å². The number of halogens is 2. The van der Waals surface area contributed by atoms with E-state index in [-0.39, 0.29) is 18.8 Å². The Balaban J connectivity index is 1.37. The molecule has 0 spiro atoms. The Labute approximate surface area is 202 Å². The van der Waals surface area contributed by atoms with E-state index >= 15 is 0 Å². The minimum absolute atomic E-state index is 0.0274. The van der Waals surface area contributed by atoms with Crippen molar-refractivity contribution in [3.8, 4) is 5.75 Å². The fraction of sp³-hybridized carbons (Fsp3) is 0.458. The van der Waals surface area contributed by atoms with E-state index in [1.807, 2.05) is 24.3 Å². The normalized spacial score (nSPS) is 24.9. The predicted octanol–water partition coefficient (Wildman–Crippen LogP) is 1.41. The molecule has 190 valence electrons. The number of rotatable bonds is 7. The second-order valence-corrected chi connectivity index (χ2v) is 8.53. The Morgan fingerprint density at radius 3 is 2.57 bits per heavy atom. The zero-order chi connectivity index (χ0) is 24.9. The lowest BCUT2D eigenvalue weighted by Crippen LogP contribution is -2.57. The molecule has 2 fully saturated rings. The van der Waals surface area contributed by atoms with Crippen molar-refractivity contribution in [2.45, 2.75) is 24.4 Å². The molecule has 2 aromatic carbocycles. The highest BCUT2D eigenvalue weighted by atomic mass is 19.1. The van der Waals surface area contributed by atoms with Crippen molar-refractivity contribution in [1.29, 1.82) is 0 Å². The van der Waals surface area contributed by atoms with Crippen LogP contribution in [0.25, 0.3) is 0 Å². The average Bonchev–Trinajstić information content (AvgIpc) is 3.19. The van der Waals surface area contributed by atoms with E-state index in [1.165, 1.54) is 0 Å². The molecule has 0 aromatic heterocycles. The highest BCUT2D eigenvalue weighted by Gasteiger charge is 2.46. The van der Waals surface area contributed by atoms with E-state index in [1.54, 1.807) is 7.11 Å². The van der Waals surface area contributed by atoms with Crippen molar-refractivity contribution in [1.82, 2.24) is 10.2 Å². The lowest BCUT2D eigenvalue weighted by Gasteiger charge is -2.41. The highest BCUT2D eigenvalue weighted by molar-refractivity contribution is 5.89. The first kappa shape index (κ1) is 25.1. The van der Waals surface area contributed by atoms with Gasteiger partial charge in [0.1, 0.15) is 29.6 Å². The minimum atomic E-state index is -0.942. The monoisotopic (exact) mass is 492 g/mol. The van der Waals surface area contributed by atoms with Crippen LogP contribution in [-0.2, 0) is 4.74 Å². The standard InChI is InChI=1S/C24H30F2N4O5/c1-34-19-5-3-2-4-18(19)29-8-10-30(11-9-29)22-20(35-21(14-31)23(22)32)13-27-24(33)28-17-7-6-15(25)12-16(17)26/h2-7,12,20-23,31-32H,8-11,13-14H2,1H3,(H2,27,28,33)/t20-,21+,22+,23-/m1/s1. The number of benzene rings is 2. The van der Waals surface area contributed by atoms with Gasteiger partial charge in [0.15, 0.2) is 0 Å². The number of aliphatic hydroxyl groups is 2. The van der Waals surface area contributed by atoms with Crippen molar-refractivity contribution in [2.24, 2.45) is 0 Å². The number of carbonyl (C=O) groups excluding carboxylic acids is 1. The van der Waals surface area contributed by atoms with Crippen LogP contribution in [0.1, 0.15) is 0 Å². The predicted molar refractivity (Wildman–Crippen MR) is 126 cm³/mol. The Morgan fingerprint density at radius 2 is 1.89 bits per heavy atom. The van der Waals surface area contributed by atoms with Crippen LogP contribution in [0.2, 0.25) is 0 Å². The SMILES string of the molecule is COc1ccccc1N1CCN([C@@H]2[C@H](O)[C@H](CO)O[C@@H]2CNC(=O)Nc2ccc(F)cc2F)CC1. The molecule has 9 nitrogen and oxygen atoms in total. The summed E-state index contributed by atoms with van der Waals surface area (Å²) in [5.41, 5.74) is 0.836. The molecule has 0 radical (unpaired) electrons. The number of methoxy groups -OCH3 is 1. The summed E-state index contributed by atoms with van der Waals surface area (Å²) < 4.78 is 38.2. The zero-order valence-corrected chi connectivity index (χ0v) is 19.4. The zero-order valence-electron chi connectivity index (χ0n) is 19.4. The number of ether oxygens (including phenoxy) is 2. The van der Waals surface area contributed by atoms with Crippen molar-refractivity contribution in [3.63, 3.8) is 0 Å². The van der Waals surface area contributed by atoms with Crippen molar-refractivity contribution >= 4 is 17.4 Å². The molecule has 2 aliphatic rings. The summed E-state index contributed by atoms with van der Waals surface area (Å²) in [6.45, 7) is 2.31. The topological polar surface area (TPSA) is 107 Å². The van der Waals surface area contributed by atoms with Crippen molar-refractivity contribution in [2.75, 3.05) is 56.7 Å². The van der Waals surface area contributed by atoms with Crippen molar-refractivity contribution < 1.29 is 33.3 Å². The third-order valence-corrected chi connectivity index (χ3v) is 6.45. The minimum Gasteiger partial charge on any atom is -0.495 e. The van der Waals surface area contributed by atoms with E-state index < -0.39 is 42.0 Å². The largest absolute Gasteiger partial charge is 0.495 e. The number of amides is 2. The molecule has 0 saturated carbocycles. The van der Waals surface area contributed by atoms with Gasteiger partial charge in [-0.3, -0.25) is 4.90 Å². The van der Waals surface area contributed by atoms with Gasteiger partial charge in [0.25, 0.3) is 0 Å². The van der Waals surface area contributed by atoms with Crippen LogP contribution < -0.4 is 20.3 Å². The number of para-hydroxylation sites is 2. The lowest BCUT2D eigenvalue weighted by molar-refractivity contribution is -0.0205. The Hall–Kier alpha value is -2.99. The van der Waals surface area contributed by atoms with Crippen LogP contribution in [0.4, 0.5) is 25.0 Å². The van der Waals surface area contributed by atoms with Crippen LogP contribution >= 0.6 is 0 Å². The summed E-state index contributed by atoms with van der Waals surface area (Å²) in [6, 6.07) is 9.49. The number of carbonyl (C=O) groups is 1. The van der Waals surface area contributed by atoms with Crippen molar-refractivity contribution in [3.05, 3.63) is 54.1 Å². The molecular formula is C24H30F2N4O5. The van der Waals surface area contributed by atoms with Gasteiger partial charge in [0.2, 0.25) is 0 Å². The molecule has 2 aliphatic heterocycles. The smallest absolute Gasteiger partial charge is 0.319 e. The van der Waals surface area contributed by atoms with E-state index in [0.717, 1.165) is 23.6 Å². The maximum absolute atomic E-state index is 13.8. The summed E-state index contributed by atoms with van der Waals surface area (Å²) in [6.07, 6.45) is -2.32. The Bertz CT molecular complexity index is 1020. The molecule has 4 atom stereocenters. The highest BCUT2D eigenvalue weighted by Crippen LogP contribution is 2.31. The summed E-state index contributed by atoms with van der Waals surface area (Å²) in [7, 11) is 1.63. The first-order valence-corrected chi connectivity index (χ1v) is 11.5. The summed E-state index contributed by atoms with van der Waals surface area (Å²) in [5, 5.41) is 25.4. The maximum Gasteiger partial charge on any atom is 0.319 e. The van der Waals surface area contributed by atoms with Gasteiger partial charge < -0.3 is 35.2 Å². The Kier molecular flexibility index (Phi) is 8.01. The molecule has 0 unspecified atom stereocenters. The second-order valence-electron chi connectivity index (χ2n) is 8.53. The third kappa shape index (κ3) is 5.64. The molecule has 4 rings (SSSR count). The van der Waals surface area contributed by atoms with E-state index in [4.69, 9.17) is 9.47 Å². The van der Waals surface area contributed by atoms with Crippen LogP contribution in [0.15, 0.2) is 42.5 Å². The molecule has 0 bridgehead atoms. The van der Waals surface area contributed by atoms with Gasteiger partial charge in [-0.05, 0) is 24.3 Å². The van der Waals surface area contributed by atoms with Gasteiger partial charge in [-0.15, -0.1) is 0 Å². The summed E-state index contributed by atoms with van der Waals surface area (Å²) in [5.74, 6) is -0.847. The number of aliphatic hydroxyl groups excluding tert-OH is 2. The maximum atomic E-state index is 13.8. The number of nitrogens with one attached hydrogen (secondary N) is 2. The Morgan fingerprint density at radius 1 is 1.14 bits per heavy atom. The third-order valence-electron chi connectivity index (χ3n) is 6.45. The van der Waals surface area contributed by atoms with E-state index in [2.05, 4.69) is 20.4 Å². The molecule has 2 amide bonds. The molecule has 11 heteroatoms. The molecule has 2 saturated heterocycles. The van der Waals surface area contributed by atoms with Crippen LogP contribution in [0, 0.1) is 11.6 Å². The number of piperazine rings is 1. The molecular weight excluding hydrogens is 462 g/mol. The number of urea groups is 1. The number of hydrogen-bond acceptors (Lipinski definition) is 7. The second kappa shape index (κ2) is 11.2. The van der Waals surface area contributed by atoms with Crippen LogP contribution in [0.5, 0.6) is 5.75 Å². The summed E-state index contributed by atoms with van der Waals surface area (Å²) in [4.78, 5) is 16.6. The van der Waals surface area contributed by atoms with Crippen LogP contribution in [-0.4, -0.2) is 91.9 Å². The first-order valence-electron chi connectivity index (χ1n) is 11.5. The number of nitrogens with zero attached hydrogens (tertiary/aromatic N) is 2. The molecule has 4 N–H and O–H groups in total. The van der Waals surface area contributed by atoms with Gasteiger partial charge in [-0.1, -0.05) is 12.1 Å². The van der Waals surface area contributed by atoms with Gasteiger partial charge in [0.05, 0.1) is 37.2 Å². The molecule has 2 heterocycles. The van der Waals surface area contributed by atoms with Gasteiger partial charge in [-0.2, -0.15) is 0 Å². The van der Waals surface area contributed by atoms with Gasteiger partial charge in [-0.25, -0.2) is 13.6 Å². The average molecular weight is 493 g/mol. The fourth-order valence-corrected chi connectivity index (χ4v) is 4.70. The van der Waals surface area contributed by atoms with Crippen LogP contribution in [0.3, 0.4) is 0 Å². The fourth-order valence-electron chi connectivity index (χ4n) is 4.70. The molecule has 2 aromatic rings. The van der Waals surface area contributed by atoms with E-state index in [0.29, 0.717) is 32.2 Å². The quantitative estimate of drug-likeness (QED) is 0.463. The summed E-state index contributed by atoms with van der Waals surface area (Å²) >= 11 is 0. The molecule has 35 heavy (non-hydrogen) atoms. The van der Waals surface area contributed by atoms with E-state index in [9.17, 15) is 23.8 Å². The number of anilines is 2. The molecule has 0 aliphatic carbocycles. The van der Waals surface area contributed by atoms with Gasteiger partial charge >= 0.3 is 6.03 Å². The lowest BCUT2D eigenvalue weighted by atomic mass is 10.0. The number of hydrogen-bond donors (Lipinski definition) is 4.